The summed E-state index contributed by atoms with van der Waals surface area (Å²) in [4.78, 5) is 27.0. The van der Waals surface area contributed by atoms with E-state index in [0.29, 0.717) is 6.54 Å². The number of carboxylic acid groups (broad SMARTS) is 1. The first-order valence-electron chi connectivity index (χ1n) is 6.19. The highest BCUT2D eigenvalue weighted by Gasteiger charge is 2.44. The summed E-state index contributed by atoms with van der Waals surface area (Å²) < 4.78 is 0. The Labute approximate surface area is 110 Å². The summed E-state index contributed by atoms with van der Waals surface area (Å²) >= 11 is 1.62. The Hall–Kier alpha value is -1.36. The molecule has 5 heteroatoms. The number of aryl methyl sites for hydroxylation is 1. The van der Waals surface area contributed by atoms with Crippen molar-refractivity contribution < 1.29 is 14.7 Å². The molecule has 1 fully saturated rings. The number of carbonyl (C=O) groups excluding carboxylic acids is 1. The fourth-order valence-electron chi connectivity index (χ4n) is 2.48. The third-order valence-corrected chi connectivity index (χ3v) is 4.71. The van der Waals surface area contributed by atoms with Crippen LogP contribution in [0.25, 0.3) is 0 Å². The number of rotatable bonds is 4. The molecule has 1 aliphatic heterocycles. The van der Waals surface area contributed by atoms with Crippen molar-refractivity contribution in [1.82, 2.24) is 4.90 Å². The van der Waals surface area contributed by atoms with Gasteiger partial charge in [0.2, 0.25) is 5.91 Å². The van der Waals surface area contributed by atoms with Gasteiger partial charge in [0.05, 0.1) is 12.0 Å². The Balaban J connectivity index is 2.36. The molecule has 0 saturated carbocycles. The lowest BCUT2D eigenvalue weighted by Crippen LogP contribution is -2.29. The van der Waals surface area contributed by atoms with E-state index < -0.39 is 11.9 Å². The number of carboxylic acids is 1. The van der Waals surface area contributed by atoms with Crippen LogP contribution in [-0.4, -0.2) is 28.4 Å². The van der Waals surface area contributed by atoms with Gasteiger partial charge in [0.15, 0.2) is 0 Å². The van der Waals surface area contributed by atoms with Crippen LogP contribution < -0.4 is 0 Å². The summed E-state index contributed by atoms with van der Waals surface area (Å²) in [7, 11) is 0. The van der Waals surface area contributed by atoms with E-state index in [0.717, 1.165) is 11.3 Å². The average molecular weight is 267 g/mol. The maximum atomic E-state index is 11.8. The van der Waals surface area contributed by atoms with Gasteiger partial charge in [-0.25, -0.2) is 0 Å². The molecule has 2 heterocycles. The number of likely N-dealkylation sites (tertiary alicyclic amines) is 1. The molecule has 0 spiro atoms. The Morgan fingerprint density at radius 3 is 2.72 bits per heavy atom. The number of hydrogen-bond donors (Lipinski definition) is 1. The van der Waals surface area contributed by atoms with Crippen molar-refractivity contribution in [1.29, 1.82) is 0 Å². The van der Waals surface area contributed by atoms with E-state index in [1.165, 1.54) is 4.88 Å². The largest absolute Gasteiger partial charge is 0.481 e. The van der Waals surface area contributed by atoms with Crippen molar-refractivity contribution >= 4 is 23.2 Å². The van der Waals surface area contributed by atoms with E-state index in [9.17, 15) is 14.7 Å². The molecule has 2 rings (SSSR count). The fraction of sp³-hybridized carbons (Fsp3) is 0.538. The van der Waals surface area contributed by atoms with Crippen LogP contribution >= 0.6 is 11.3 Å². The van der Waals surface area contributed by atoms with Gasteiger partial charge < -0.3 is 10.0 Å². The summed E-state index contributed by atoms with van der Waals surface area (Å²) in [5, 5.41) is 9.27. The number of amides is 1. The molecule has 98 valence electrons. The zero-order chi connectivity index (χ0) is 13.3. The Morgan fingerprint density at radius 1 is 1.50 bits per heavy atom. The summed E-state index contributed by atoms with van der Waals surface area (Å²) in [5.74, 6) is -1.54. The van der Waals surface area contributed by atoms with Crippen molar-refractivity contribution in [2.45, 2.75) is 32.7 Å². The van der Waals surface area contributed by atoms with Crippen LogP contribution in [0.15, 0.2) is 12.1 Å². The number of carbonyl (C=O) groups is 2. The van der Waals surface area contributed by atoms with Crippen molar-refractivity contribution in [3.63, 3.8) is 0 Å². The van der Waals surface area contributed by atoms with Crippen LogP contribution in [0.5, 0.6) is 0 Å². The number of aliphatic carboxylic acids is 1. The van der Waals surface area contributed by atoms with Gasteiger partial charge in [-0.15, -0.1) is 11.3 Å². The van der Waals surface area contributed by atoms with Gasteiger partial charge >= 0.3 is 5.97 Å². The van der Waals surface area contributed by atoms with Crippen LogP contribution in [0.4, 0.5) is 0 Å². The molecule has 0 aliphatic carbocycles. The third-order valence-electron chi connectivity index (χ3n) is 3.41. The van der Waals surface area contributed by atoms with E-state index in [-0.39, 0.29) is 18.4 Å². The Bertz CT molecular complexity index is 469. The number of hydrogen-bond acceptors (Lipinski definition) is 3. The SMILES string of the molecule is CCc1ccc(C2C(C(=O)O)CC(=O)N2CC)s1. The predicted octanol–water partition coefficient (Wildman–Crippen LogP) is 2.30. The maximum absolute atomic E-state index is 11.8. The van der Waals surface area contributed by atoms with Gasteiger partial charge in [0.25, 0.3) is 0 Å². The molecule has 0 bridgehead atoms. The molecule has 1 aliphatic rings. The van der Waals surface area contributed by atoms with Crippen LogP contribution in [0, 0.1) is 5.92 Å². The minimum absolute atomic E-state index is 0.0543. The molecule has 0 radical (unpaired) electrons. The Kier molecular flexibility index (Phi) is 3.71. The normalized spacial score (nSPS) is 23.7. The van der Waals surface area contributed by atoms with Crippen molar-refractivity contribution in [3.8, 4) is 0 Å². The lowest BCUT2D eigenvalue weighted by atomic mass is 9.99. The van der Waals surface area contributed by atoms with Crippen molar-refractivity contribution in [2.75, 3.05) is 6.54 Å². The van der Waals surface area contributed by atoms with Gasteiger partial charge in [-0.2, -0.15) is 0 Å². The first-order valence-corrected chi connectivity index (χ1v) is 7.01. The van der Waals surface area contributed by atoms with E-state index in [2.05, 4.69) is 6.92 Å². The highest BCUT2D eigenvalue weighted by atomic mass is 32.1. The molecule has 0 aromatic carbocycles. The van der Waals surface area contributed by atoms with Crippen LogP contribution in [0.3, 0.4) is 0 Å². The monoisotopic (exact) mass is 267 g/mol. The molecule has 1 N–H and O–H groups in total. The fourth-order valence-corrected chi connectivity index (χ4v) is 3.61. The molecule has 1 aromatic heterocycles. The predicted molar refractivity (Wildman–Crippen MR) is 69.6 cm³/mol. The van der Waals surface area contributed by atoms with Gasteiger partial charge in [0.1, 0.15) is 0 Å². The number of thiophene rings is 1. The zero-order valence-corrected chi connectivity index (χ0v) is 11.4. The average Bonchev–Trinajstić information content (AvgIpc) is 2.92. The van der Waals surface area contributed by atoms with Crippen molar-refractivity contribution in [3.05, 3.63) is 21.9 Å². The standard InChI is InChI=1S/C13H17NO3S/c1-3-8-5-6-10(18-8)12-9(13(16)17)7-11(15)14(12)4-2/h5-6,9,12H,3-4,7H2,1-2H3,(H,16,17). The zero-order valence-electron chi connectivity index (χ0n) is 10.5. The van der Waals surface area contributed by atoms with Crippen LogP contribution in [0.2, 0.25) is 0 Å². The molecule has 2 unspecified atom stereocenters. The molecule has 1 saturated heterocycles. The quantitative estimate of drug-likeness (QED) is 0.910. The van der Waals surface area contributed by atoms with Crippen LogP contribution in [0.1, 0.15) is 36.1 Å². The topological polar surface area (TPSA) is 57.6 Å². The van der Waals surface area contributed by atoms with Gasteiger partial charge in [0, 0.05) is 22.7 Å². The second kappa shape index (κ2) is 5.10. The van der Waals surface area contributed by atoms with Gasteiger partial charge in [-0.1, -0.05) is 6.92 Å². The summed E-state index contributed by atoms with van der Waals surface area (Å²) in [5.41, 5.74) is 0. The number of nitrogens with zero attached hydrogens (tertiary/aromatic N) is 1. The van der Waals surface area contributed by atoms with E-state index in [1.54, 1.807) is 16.2 Å². The molecule has 2 atom stereocenters. The summed E-state index contributed by atoms with van der Waals surface area (Å²) in [6.45, 7) is 4.53. The minimum atomic E-state index is -0.879. The van der Waals surface area contributed by atoms with Gasteiger partial charge in [-0.3, -0.25) is 9.59 Å². The smallest absolute Gasteiger partial charge is 0.309 e. The lowest BCUT2D eigenvalue weighted by molar-refractivity contribution is -0.142. The molecule has 18 heavy (non-hydrogen) atoms. The molecular weight excluding hydrogens is 250 g/mol. The highest BCUT2D eigenvalue weighted by Crippen LogP contribution is 2.40. The molecular formula is C13H17NO3S. The first kappa shape index (κ1) is 13.1. The first-order chi connectivity index (χ1) is 8.58. The lowest BCUT2D eigenvalue weighted by Gasteiger charge is -2.24. The van der Waals surface area contributed by atoms with Crippen molar-refractivity contribution in [2.24, 2.45) is 5.92 Å². The molecule has 1 amide bonds. The molecule has 4 nitrogen and oxygen atoms in total. The van der Waals surface area contributed by atoms with E-state index >= 15 is 0 Å². The minimum Gasteiger partial charge on any atom is -0.481 e. The van der Waals surface area contributed by atoms with Gasteiger partial charge in [-0.05, 0) is 25.5 Å². The Morgan fingerprint density at radius 2 is 2.22 bits per heavy atom. The maximum Gasteiger partial charge on any atom is 0.309 e. The second-order valence-electron chi connectivity index (χ2n) is 4.43. The second-order valence-corrected chi connectivity index (χ2v) is 5.63. The summed E-state index contributed by atoms with van der Waals surface area (Å²) in [6, 6.07) is 3.70. The third kappa shape index (κ3) is 2.14. The van der Waals surface area contributed by atoms with E-state index in [4.69, 9.17) is 0 Å². The highest BCUT2D eigenvalue weighted by molar-refractivity contribution is 7.12. The van der Waals surface area contributed by atoms with Crippen LogP contribution in [-0.2, 0) is 16.0 Å². The summed E-state index contributed by atoms with van der Waals surface area (Å²) in [6.07, 6.45) is 1.06. The van der Waals surface area contributed by atoms with E-state index in [1.807, 2.05) is 19.1 Å². The molecule has 1 aromatic rings.